The Bertz CT molecular complexity index is 1970. The molecule has 0 aliphatic carbocycles. The van der Waals surface area contributed by atoms with Crippen LogP contribution in [0.5, 0.6) is 0 Å². The van der Waals surface area contributed by atoms with Crippen molar-refractivity contribution in [2.45, 2.75) is 326 Å². The molecule has 0 spiro atoms. The normalized spacial score (nSPS) is 18.8. The highest BCUT2D eigenvalue weighted by molar-refractivity contribution is 5.76. The first-order valence-corrected chi connectivity index (χ1v) is 36.2. The van der Waals surface area contributed by atoms with E-state index in [4.69, 9.17) is 9.47 Å². The Kier molecular flexibility index (Phi) is 62.1. The molecular weight excluding hydrogens is 1100 g/mol. The number of hydrogen-bond donors (Lipinski definition) is 6. The summed E-state index contributed by atoms with van der Waals surface area (Å²) in [5, 5.41) is 54.8. The highest BCUT2D eigenvalue weighted by Gasteiger charge is 2.44. The lowest BCUT2D eigenvalue weighted by Gasteiger charge is -2.40. The van der Waals surface area contributed by atoms with Gasteiger partial charge in [0.15, 0.2) is 6.29 Å². The molecule has 0 bridgehead atoms. The average Bonchev–Trinajstić information content (AvgIpc) is 2.59. The predicted octanol–water partition coefficient (Wildman–Crippen LogP) is 20.3. The van der Waals surface area contributed by atoms with Crippen LogP contribution >= 0.6 is 0 Å². The maximum atomic E-state index is 13.1. The third-order valence-corrected chi connectivity index (χ3v) is 16.1. The molecule has 0 radical (unpaired) electrons. The van der Waals surface area contributed by atoms with Gasteiger partial charge in [-0.2, -0.15) is 0 Å². The number of nitrogens with one attached hydrogen (secondary N) is 1. The molecular formula is C80H133NO8. The molecule has 7 unspecified atom stereocenters. The molecule has 1 rings (SSSR count). The van der Waals surface area contributed by atoms with Gasteiger partial charge in [-0.3, -0.25) is 4.79 Å². The number of aliphatic hydroxyl groups is 5. The molecule has 89 heavy (non-hydrogen) atoms. The van der Waals surface area contributed by atoms with Gasteiger partial charge in [0, 0.05) is 6.42 Å². The number of carbonyl (C=O) groups excluding carboxylic acids is 1. The second kappa shape index (κ2) is 66.7. The quantitative estimate of drug-likeness (QED) is 0.0261. The van der Waals surface area contributed by atoms with Crippen LogP contribution in [0.2, 0.25) is 0 Å². The summed E-state index contributed by atoms with van der Waals surface area (Å²) in [5.74, 6) is -0.205. The first-order valence-electron chi connectivity index (χ1n) is 36.2. The molecule has 1 aliphatic rings. The topological polar surface area (TPSA) is 149 Å². The van der Waals surface area contributed by atoms with Gasteiger partial charge in [-0.1, -0.05) is 326 Å². The van der Waals surface area contributed by atoms with Gasteiger partial charge in [0.25, 0.3) is 0 Å². The highest BCUT2D eigenvalue weighted by Crippen LogP contribution is 2.23. The number of hydrogen-bond acceptors (Lipinski definition) is 8. The number of allylic oxidation sites excluding steroid dienone is 25. The van der Waals surface area contributed by atoms with Crippen LogP contribution in [0.3, 0.4) is 0 Å². The van der Waals surface area contributed by atoms with E-state index in [0.717, 1.165) is 128 Å². The minimum Gasteiger partial charge on any atom is -0.394 e. The molecule has 1 aliphatic heterocycles. The van der Waals surface area contributed by atoms with Crippen LogP contribution in [0.4, 0.5) is 0 Å². The van der Waals surface area contributed by atoms with Crippen molar-refractivity contribution in [3.63, 3.8) is 0 Å². The number of ether oxygens (including phenoxy) is 2. The minimum atomic E-state index is -1.58. The van der Waals surface area contributed by atoms with Gasteiger partial charge >= 0.3 is 0 Å². The van der Waals surface area contributed by atoms with Crippen molar-refractivity contribution in [3.8, 4) is 0 Å². The number of amides is 1. The minimum absolute atomic E-state index is 0.205. The van der Waals surface area contributed by atoms with Crippen molar-refractivity contribution >= 4 is 5.91 Å². The lowest BCUT2D eigenvalue weighted by Crippen LogP contribution is -2.60. The van der Waals surface area contributed by atoms with Gasteiger partial charge in [-0.05, 0) is 109 Å². The summed E-state index contributed by atoms with van der Waals surface area (Å²) in [4.78, 5) is 13.1. The van der Waals surface area contributed by atoms with Crippen molar-refractivity contribution in [1.82, 2.24) is 5.32 Å². The summed E-state index contributed by atoms with van der Waals surface area (Å²) in [6, 6.07) is -0.832. The van der Waals surface area contributed by atoms with E-state index < -0.39 is 49.5 Å². The van der Waals surface area contributed by atoms with Gasteiger partial charge in [0.05, 0.1) is 25.4 Å². The van der Waals surface area contributed by atoms with Crippen molar-refractivity contribution < 1.29 is 39.8 Å². The van der Waals surface area contributed by atoms with Crippen LogP contribution in [0.25, 0.3) is 0 Å². The fraction of sp³-hybridized carbons (Fsp3) is 0.662. The summed E-state index contributed by atoms with van der Waals surface area (Å²) in [5.41, 5.74) is 0. The molecule has 0 aromatic carbocycles. The molecule has 1 heterocycles. The Morgan fingerprint density at radius 3 is 1.03 bits per heavy atom. The Balaban J connectivity index is 2.19. The third-order valence-electron chi connectivity index (χ3n) is 16.1. The lowest BCUT2D eigenvalue weighted by molar-refractivity contribution is -0.302. The number of unbranched alkanes of at least 4 members (excludes halogenated alkanes) is 27. The maximum Gasteiger partial charge on any atom is 0.220 e. The second-order valence-corrected chi connectivity index (χ2v) is 24.3. The van der Waals surface area contributed by atoms with Crippen LogP contribution in [-0.4, -0.2) is 87.5 Å². The van der Waals surface area contributed by atoms with E-state index in [1.165, 1.54) is 135 Å². The smallest absolute Gasteiger partial charge is 0.220 e. The fourth-order valence-corrected chi connectivity index (χ4v) is 10.5. The average molecular weight is 1240 g/mol. The standard InChI is InChI=1S/C80H133NO8/c1-3-5-7-9-11-13-15-17-19-21-23-25-27-29-30-31-32-33-34-35-36-37-38-39-40-41-42-43-44-46-48-50-52-54-56-58-60-62-64-66-68-70-76(84)81-73(72-88-80-79(87)78(86)77(85)75(71-82)89-80)74(83)69-67-65-63-61-59-57-55-53-51-49-47-45-28-26-24-22-20-18-16-14-12-10-8-6-4-2/h5,7,11,13,17,19,23,25,29-30,32-33,35-36,38-39,41-42,44,46,50,52,56,58,67,69,73-75,77-80,82-83,85-87H,3-4,6,8-10,12,14-16,18,20-22,24,26-28,31,34,37,40,43,45,47-49,51,53-55,57,59-66,68,70-72H2,1-2H3,(H,81,84)/b7-5-,13-11-,19-17-,25-23-,30-29-,33-32-,36-35-,39-38-,42-41-,46-44-,52-50-,58-56-,69-67+. The van der Waals surface area contributed by atoms with E-state index in [1.807, 2.05) is 6.08 Å². The SMILES string of the molecule is CC/C=C\C/C=C\C/C=C\C/C=C\C/C=C\C/C=C\C/C=C\C/C=C\C/C=C\C/C=C\C/C=C\C/C=C\CCCCCCC(=O)NC(COC1OC(CO)C(O)C(O)C1O)C(O)/C=C/CCCCCCCCCCCCCCCCCCCCCCCCC. The zero-order valence-corrected chi connectivity index (χ0v) is 56.6. The summed E-state index contributed by atoms with van der Waals surface area (Å²) in [6.07, 6.45) is 97.7. The Hall–Kier alpha value is -4.19. The van der Waals surface area contributed by atoms with Gasteiger partial charge in [0.1, 0.15) is 24.4 Å². The van der Waals surface area contributed by atoms with Crippen LogP contribution in [0, 0.1) is 0 Å². The molecule has 7 atom stereocenters. The van der Waals surface area contributed by atoms with E-state index in [-0.39, 0.29) is 12.5 Å². The summed E-state index contributed by atoms with van der Waals surface area (Å²) < 4.78 is 11.3. The van der Waals surface area contributed by atoms with Gasteiger partial charge in [-0.15, -0.1) is 0 Å². The van der Waals surface area contributed by atoms with E-state index in [1.54, 1.807) is 6.08 Å². The first kappa shape index (κ1) is 82.8. The summed E-state index contributed by atoms with van der Waals surface area (Å²) >= 11 is 0. The zero-order chi connectivity index (χ0) is 64.2. The molecule has 0 aromatic heterocycles. The molecule has 9 heteroatoms. The maximum absolute atomic E-state index is 13.1. The number of aliphatic hydroxyl groups excluding tert-OH is 5. The van der Waals surface area contributed by atoms with E-state index in [9.17, 15) is 30.3 Å². The molecule has 6 N–H and O–H groups in total. The Morgan fingerprint density at radius 1 is 0.393 bits per heavy atom. The van der Waals surface area contributed by atoms with Crippen molar-refractivity contribution in [2.24, 2.45) is 0 Å². The monoisotopic (exact) mass is 1240 g/mol. The molecule has 0 aromatic rings. The van der Waals surface area contributed by atoms with E-state index in [2.05, 4.69) is 165 Å². The second-order valence-electron chi connectivity index (χ2n) is 24.3. The Labute approximate surface area is 546 Å². The van der Waals surface area contributed by atoms with Crippen molar-refractivity contribution in [2.75, 3.05) is 13.2 Å². The molecule has 1 fully saturated rings. The van der Waals surface area contributed by atoms with Crippen molar-refractivity contribution in [3.05, 3.63) is 158 Å². The van der Waals surface area contributed by atoms with Crippen LogP contribution in [-0.2, 0) is 14.3 Å². The number of rotatable bonds is 61. The van der Waals surface area contributed by atoms with Gasteiger partial charge in [-0.25, -0.2) is 0 Å². The lowest BCUT2D eigenvalue weighted by atomic mass is 9.99. The summed E-state index contributed by atoms with van der Waals surface area (Å²) in [7, 11) is 0. The number of carbonyl (C=O) groups is 1. The first-order chi connectivity index (χ1) is 43.8. The third kappa shape index (κ3) is 55.2. The molecule has 506 valence electrons. The Morgan fingerprint density at radius 2 is 0.697 bits per heavy atom. The highest BCUT2D eigenvalue weighted by atomic mass is 16.7. The molecule has 9 nitrogen and oxygen atoms in total. The largest absolute Gasteiger partial charge is 0.394 e. The summed E-state index contributed by atoms with van der Waals surface area (Å²) in [6.45, 7) is 3.67. The van der Waals surface area contributed by atoms with Gasteiger partial charge in [0.2, 0.25) is 5.91 Å². The van der Waals surface area contributed by atoms with E-state index in [0.29, 0.717) is 6.42 Å². The molecule has 1 amide bonds. The van der Waals surface area contributed by atoms with Crippen LogP contribution in [0.15, 0.2) is 158 Å². The molecule has 1 saturated heterocycles. The van der Waals surface area contributed by atoms with Crippen LogP contribution in [0.1, 0.15) is 284 Å². The zero-order valence-electron chi connectivity index (χ0n) is 56.6. The van der Waals surface area contributed by atoms with Crippen molar-refractivity contribution in [1.29, 1.82) is 0 Å². The van der Waals surface area contributed by atoms with E-state index >= 15 is 0 Å². The van der Waals surface area contributed by atoms with Gasteiger partial charge < -0.3 is 40.3 Å². The molecule has 0 saturated carbocycles. The van der Waals surface area contributed by atoms with Crippen LogP contribution < -0.4 is 5.32 Å². The predicted molar refractivity (Wildman–Crippen MR) is 382 cm³/mol. The fourth-order valence-electron chi connectivity index (χ4n) is 10.5.